The summed E-state index contributed by atoms with van der Waals surface area (Å²) in [4.78, 5) is 11.9. The number of nitrogen functional groups attached to an aromatic ring is 1. The first-order chi connectivity index (χ1) is 9.60. The molecule has 3 N–H and O–H groups in total. The molecule has 1 amide bonds. The summed E-state index contributed by atoms with van der Waals surface area (Å²) in [5.41, 5.74) is 7.57. The third kappa shape index (κ3) is 3.26. The van der Waals surface area contributed by atoms with E-state index < -0.39 is 5.82 Å². The van der Waals surface area contributed by atoms with Crippen LogP contribution in [0.15, 0.2) is 42.5 Å². The average molecular weight is 274 g/mol. The van der Waals surface area contributed by atoms with Crippen molar-refractivity contribution in [1.82, 2.24) is 0 Å². The Balaban J connectivity index is 2.07. The molecule has 0 radical (unpaired) electrons. The Morgan fingerprint density at radius 1 is 1.30 bits per heavy atom. The molecule has 4 nitrogen and oxygen atoms in total. The van der Waals surface area contributed by atoms with Crippen LogP contribution in [0, 0.1) is 5.82 Å². The Morgan fingerprint density at radius 3 is 2.75 bits per heavy atom. The zero-order valence-electron chi connectivity index (χ0n) is 11.0. The molecule has 0 heterocycles. The lowest BCUT2D eigenvalue weighted by Gasteiger charge is -2.09. The molecule has 0 spiro atoms. The third-order valence-electron chi connectivity index (χ3n) is 2.84. The summed E-state index contributed by atoms with van der Waals surface area (Å²) < 4.78 is 18.1. The van der Waals surface area contributed by atoms with E-state index in [4.69, 9.17) is 10.5 Å². The minimum atomic E-state index is -0.474. The Kier molecular flexibility index (Phi) is 4.20. The lowest BCUT2D eigenvalue weighted by atomic mass is 10.1. The number of hydrogen-bond acceptors (Lipinski definition) is 3. The van der Waals surface area contributed by atoms with Gasteiger partial charge in [-0.15, -0.1) is 0 Å². The molecule has 0 aliphatic heterocycles. The van der Waals surface area contributed by atoms with E-state index in [9.17, 15) is 9.18 Å². The second-order valence-electron chi connectivity index (χ2n) is 4.27. The molecule has 104 valence electrons. The Hall–Kier alpha value is -2.56. The molecule has 20 heavy (non-hydrogen) atoms. The summed E-state index contributed by atoms with van der Waals surface area (Å²) in [5.74, 6) is -0.614. The second-order valence-corrected chi connectivity index (χ2v) is 4.27. The van der Waals surface area contributed by atoms with Gasteiger partial charge in [0.25, 0.3) is 0 Å². The summed E-state index contributed by atoms with van der Waals surface area (Å²) in [6.45, 7) is 0. The number of para-hydroxylation sites is 1. The summed E-state index contributed by atoms with van der Waals surface area (Å²) in [6.07, 6.45) is 0.159. The van der Waals surface area contributed by atoms with E-state index in [1.165, 1.54) is 25.3 Å². The second kappa shape index (κ2) is 6.06. The van der Waals surface area contributed by atoms with E-state index >= 15 is 0 Å². The fourth-order valence-corrected chi connectivity index (χ4v) is 1.81. The first-order valence-corrected chi connectivity index (χ1v) is 6.07. The van der Waals surface area contributed by atoms with Crippen LogP contribution in [0.5, 0.6) is 5.75 Å². The molecule has 0 fully saturated rings. The maximum atomic E-state index is 13.3. The van der Waals surface area contributed by atoms with Crippen LogP contribution in [0.3, 0.4) is 0 Å². The molecular formula is C15H15FN2O2. The number of nitrogens with two attached hydrogens (primary N) is 1. The normalized spacial score (nSPS) is 10.1. The van der Waals surface area contributed by atoms with Crippen LogP contribution < -0.4 is 15.8 Å². The first-order valence-electron chi connectivity index (χ1n) is 6.07. The molecule has 0 saturated carbocycles. The minimum Gasteiger partial charge on any atom is -0.494 e. The van der Waals surface area contributed by atoms with Crippen LogP contribution in [0.4, 0.5) is 15.8 Å². The standard InChI is InChI=1S/C15H15FN2O2/c1-20-14-9-11(6-7-12(14)16)18-15(19)8-10-4-2-3-5-13(10)17/h2-7,9H,8,17H2,1H3,(H,18,19). The predicted molar refractivity (Wildman–Crippen MR) is 76.1 cm³/mol. The van der Waals surface area contributed by atoms with Crippen molar-refractivity contribution in [3.8, 4) is 5.75 Å². The third-order valence-corrected chi connectivity index (χ3v) is 2.84. The van der Waals surface area contributed by atoms with Crippen LogP contribution in [0.1, 0.15) is 5.56 Å². The molecule has 0 unspecified atom stereocenters. The van der Waals surface area contributed by atoms with Gasteiger partial charge < -0.3 is 15.8 Å². The summed E-state index contributed by atoms with van der Waals surface area (Å²) in [7, 11) is 1.37. The Morgan fingerprint density at radius 2 is 2.05 bits per heavy atom. The molecule has 0 aliphatic rings. The highest BCUT2D eigenvalue weighted by atomic mass is 19.1. The monoisotopic (exact) mass is 274 g/mol. The fraction of sp³-hybridized carbons (Fsp3) is 0.133. The van der Waals surface area contributed by atoms with E-state index in [1.54, 1.807) is 12.1 Å². The number of hydrogen-bond donors (Lipinski definition) is 2. The molecule has 0 aromatic heterocycles. The van der Waals surface area contributed by atoms with Gasteiger partial charge in [-0.05, 0) is 23.8 Å². The first kappa shape index (κ1) is 13.9. The van der Waals surface area contributed by atoms with E-state index in [1.807, 2.05) is 12.1 Å². The van der Waals surface area contributed by atoms with Crippen LogP contribution >= 0.6 is 0 Å². The van der Waals surface area contributed by atoms with Crippen molar-refractivity contribution < 1.29 is 13.9 Å². The lowest BCUT2D eigenvalue weighted by Crippen LogP contribution is -2.15. The number of ether oxygens (including phenoxy) is 1. The van der Waals surface area contributed by atoms with Gasteiger partial charge in [0.1, 0.15) is 0 Å². The maximum Gasteiger partial charge on any atom is 0.228 e. The van der Waals surface area contributed by atoms with Crippen molar-refractivity contribution in [2.24, 2.45) is 0 Å². The number of halogens is 1. The van der Waals surface area contributed by atoms with Crippen LogP contribution in [0.2, 0.25) is 0 Å². The average Bonchev–Trinajstić information content (AvgIpc) is 2.43. The van der Waals surface area contributed by atoms with Gasteiger partial charge in [0.2, 0.25) is 5.91 Å². The molecule has 0 aliphatic carbocycles. The molecule has 0 saturated heterocycles. The number of anilines is 2. The molecule has 0 bridgehead atoms. The molecular weight excluding hydrogens is 259 g/mol. The van der Waals surface area contributed by atoms with E-state index in [0.29, 0.717) is 11.4 Å². The quantitative estimate of drug-likeness (QED) is 0.842. The van der Waals surface area contributed by atoms with Gasteiger partial charge in [0.05, 0.1) is 13.5 Å². The maximum absolute atomic E-state index is 13.3. The zero-order chi connectivity index (χ0) is 14.5. The van der Waals surface area contributed by atoms with Crippen molar-refractivity contribution in [3.63, 3.8) is 0 Å². The summed E-state index contributed by atoms with van der Waals surface area (Å²) in [6, 6.07) is 11.3. The number of methoxy groups -OCH3 is 1. The molecule has 2 aromatic rings. The van der Waals surface area contributed by atoms with Gasteiger partial charge in [-0.25, -0.2) is 4.39 Å². The van der Waals surface area contributed by atoms with Crippen molar-refractivity contribution in [3.05, 3.63) is 53.8 Å². The van der Waals surface area contributed by atoms with Crippen molar-refractivity contribution in [2.45, 2.75) is 6.42 Å². The molecule has 5 heteroatoms. The highest BCUT2D eigenvalue weighted by molar-refractivity contribution is 5.93. The number of carbonyl (C=O) groups is 1. The summed E-state index contributed by atoms with van der Waals surface area (Å²) in [5, 5.41) is 2.68. The van der Waals surface area contributed by atoms with Crippen LogP contribution in [-0.2, 0) is 11.2 Å². The highest BCUT2D eigenvalue weighted by Gasteiger charge is 2.09. The van der Waals surface area contributed by atoms with Crippen molar-refractivity contribution >= 4 is 17.3 Å². The highest BCUT2D eigenvalue weighted by Crippen LogP contribution is 2.21. The predicted octanol–water partition coefficient (Wildman–Crippen LogP) is 2.60. The van der Waals surface area contributed by atoms with E-state index in [0.717, 1.165) is 5.56 Å². The Labute approximate surface area is 116 Å². The summed E-state index contributed by atoms with van der Waals surface area (Å²) >= 11 is 0. The van der Waals surface area contributed by atoms with Crippen molar-refractivity contribution in [2.75, 3.05) is 18.2 Å². The topological polar surface area (TPSA) is 64.3 Å². The number of benzene rings is 2. The van der Waals surface area contributed by atoms with Gasteiger partial charge >= 0.3 is 0 Å². The largest absolute Gasteiger partial charge is 0.494 e. The number of amides is 1. The van der Waals surface area contributed by atoms with E-state index in [2.05, 4.69) is 5.32 Å². The van der Waals surface area contributed by atoms with E-state index in [-0.39, 0.29) is 18.1 Å². The Bertz CT molecular complexity index is 629. The smallest absolute Gasteiger partial charge is 0.228 e. The molecule has 2 rings (SSSR count). The fourth-order valence-electron chi connectivity index (χ4n) is 1.81. The minimum absolute atomic E-state index is 0.0852. The number of rotatable bonds is 4. The van der Waals surface area contributed by atoms with Crippen molar-refractivity contribution in [1.29, 1.82) is 0 Å². The van der Waals surface area contributed by atoms with Gasteiger partial charge in [-0.3, -0.25) is 4.79 Å². The van der Waals surface area contributed by atoms with Gasteiger partial charge in [0.15, 0.2) is 11.6 Å². The molecule has 0 atom stereocenters. The van der Waals surface area contributed by atoms with Gasteiger partial charge in [0, 0.05) is 17.4 Å². The number of carbonyl (C=O) groups excluding carboxylic acids is 1. The van der Waals surface area contributed by atoms with Crippen LogP contribution in [-0.4, -0.2) is 13.0 Å². The lowest BCUT2D eigenvalue weighted by molar-refractivity contribution is -0.115. The zero-order valence-corrected chi connectivity index (χ0v) is 11.0. The van der Waals surface area contributed by atoms with Crippen LogP contribution in [0.25, 0.3) is 0 Å². The molecule has 2 aromatic carbocycles. The number of nitrogens with one attached hydrogen (secondary N) is 1. The van der Waals surface area contributed by atoms with Gasteiger partial charge in [-0.2, -0.15) is 0 Å². The van der Waals surface area contributed by atoms with Gasteiger partial charge in [-0.1, -0.05) is 18.2 Å². The SMILES string of the molecule is COc1cc(NC(=O)Cc2ccccc2N)ccc1F.